The summed E-state index contributed by atoms with van der Waals surface area (Å²) in [5.41, 5.74) is -3.86. The summed E-state index contributed by atoms with van der Waals surface area (Å²) in [4.78, 5) is 0. The largest absolute Gasteiger partial charge is 0.450 e. The van der Waals surface area contributed by atoms with E-state index in [9.17, 15) is 13.2 Å². The van der Waals surface area contributed by atoms with E-state index in [4.69, 9.17) is 4.42 Å². The average molecular weight is 325 g/mol. The van der Waals surface area contributed by atoms with Gasteiger partial charge < -0.3 is 4.42 Å². The molecule has 17 heavy (non-hydrogen) atoms. The quantitative estimate of drug-likeness (QED) is 0.779. The van der Waals surface area contributed by atoms with Gasteiger partial charge in [0.1, 0.15) is 0 Å². The Bertz CT molecular complexity index is 512. The summed E-state index contributed by atoms with van der Waals surface area (Å²) in [6, 6.07) is 6.80. The van der Waals surface area contributed by atoms with Gasteiger partial charge >= 0.3 is 5.51 Å². The fraction of sp³-hybridized carbons (Fsp3) is 0.111. The number of halogens is 4. The molecule has 90 valence electrons. The van der Waals surface area contributed by atoms with E-state index in [0.29, 0.717) is 5.56 Å². The molecule has 0 unspecified atom stereocenters. The third-order valence-electron chi connectivity index (χ3n) is 1.70. The Hall–Kier alpha value is -1.02. The van der Waals surface area contributed by atoms with Gasteiger partial charge in [-0.3, -0.25) is 0 Å². The minimum absolute atomic E-state index is 0.0595. The molecule has 0 saturated heterocycles. The maximum absolute atomic E-state index is 12.0. The van der Waals surface area contributed by atoms with Gasteiger partial charge in [0, 0.05) is 21.8 Å². The third kappa shape index (κ3) is 3.47. The van der Waals surface area contributed by atoms with Crippen molar-refractivity contribution in [1.29, 1.82) is 0 Å². The number of alkyl halides is 3. The summed E-state index contributed by atoms with van der Waals surface area (Å²) in [7, 11) is 0. The van der Waals surface area contributed by atoms with Crippen LogP contribution in [0.25, 0.3) is 11.5 Å². The third-order valence-corrected chi connectivity index (χ3v) is 2.80. The SMILES string of the molecule is FC(F)(F)Sc1nnc(-c2ccc(Br)cc2)o1. The van der Waals surface area contributed by atoms with Crippen molar-refractivity contribution in [3.05, 3.63) is 28.7 Å². The Kier molecular flexibility index (Phi) is 3.43. The highest BCUT2D eigenvalue weighted by Gasteiger charge is 2.32. The molecule has 0 radical (unpaired) electrons. The van der Waals surface area contributed by atoms with E-state index >= 15 is 0 Å². The van der Waals surface area contributed by atoms with Crippen LogP contribution in [0.1, 0.15) is 0 Å². The van der Waals surface area contributed by atoms with Gasteiger partial charge in [0.25, 0.3) is 5.22 Å². The summed E-state index contributed by atoms with van der Waals surface area (Å²) >= 11 is 2.81. The first kappa shape index (κ1) is 12.4. The Morgan fingerprint density at radius 3 is 2.35 bits per heavy atom. The van der Waals surface area contributed by atoms with E-state index in [2.05, 4.69) is 26.1 Å². The highest BCUT2D eigenvalue weighted by Crippen LogP contribution is 2.36. The normalized spacial score (nSPS) is 11.8. The van der Waals surface area contributed by atoms with Crippen LogP contribution in [0.2, 0.25) is 0 Å². The maximum atomic E-state index is 12.0. The van der Waals surface area contributed by atoms with Gasteiger partial charge in [0.2, 0.25) is 5.89 Å². The Morgan fingerprint density at radius 2 is 1.76 bits per heavy atom. The molecular weight excluding hydrogens is 321 g/mol. The van der Waals surface area contributed by atoms with Crippen molar-refractivity contribution in [3.63, 3.8) is 0 Å². The molecule has 0 atom stereocenters. The molecule has 1 aromatic heterocycles. The number of hydrogen-bond donors (Lipinski definition) is 0. The van der Waals surface area contributed by atoms with Crippen molar-refractivity contribution in [2.24, 2.45) is 0 Å². The molecule has 0 fully saturated rings. The smallest absolute Gasteiger partial charge is 0.411 e. The molecule has 0 aliphatic rings. The van der Waals surface area contributed by atoms with Gasteiger partial charge in [-0.2, -0.15) is 13.2 Å². The van der Waals surface area contributed by atoms with Crippen LogP contribution in [-0.2, 0) is 0 Å². The molecule has 0 aliphatic heterocycles. The molecule has 3 nitrogen and oxygen atoms in total. The zero-order valence-corrected chi connectivity index (χ0v) is 10.4. The van der Waals surface area contributed by atoms with Crippen LogP contribution in [0.5, 0.6) is 0 Å². The molecule has 2 rings (SSSR count). The summed E-state index contributed by atoms with van der Waals surface area (Å²) in [5.74, 6) is 0.0595. The second-order valence-corrected chi connectivity index (χ2v) is 4.86. The lowest BCUT2D eigenvalue weighted by molar-refractivity contribution is -0.0337. The number of thioether (sulfide) groups is 1. The maximum Gasteiger partial charge on any atom is 0.450 e. The average Bonchev–Trinajstić information content (AvgIpc) is 2.64. The topological polar surface area (TPSA) is 38.9 Å². The molecule has 0 amide bonds. The molecule has 0 saturated carbocycles. The van der Waals surface area contributed by atoms with Crippen molar-refractivity contribution < 1.29 is 17.6 Å². The summed E-state index contributed by atoms with van der Waals surface area (Å²) in [6.07, 6.45) is 0. The molecule has 0 N–H and O–H groups in total. The summed E-state index contributed by atoms with van der Waals surface area (Å²) < 4.78 is 41.8. The standard InChI is InChI=1S/C9H4BrF3N2OS/c10-6-3-1-5(2-4-6)7-14-15-8(16-7)17-9(11,12)13/h1-4H. The number of nitrogens with zero attached hydrogens (tertiary/aromatic N) is 2. The first-order valence-corrected chi connectivity index (χ1v) is 5.90. The second-order valence-electron chi connectivity index (χ2n) is 2.93. The van der Waals surface area contributed by atoms with E-state index in [0.717, 1.165) is 4.47 Å². The Balaban J connectivity index is 2.21. The number of rotatable bonds is 2. The minimum Gasteiger partial charge on any atom is -0.411 e. The molecule has 0 bridgehead atoms. The molecule has 0 aliphatic carbocycles. The Morgan fingerprint density at radius 1 is 1.12 bits per heavy atom. The van der Waals surface area contributed by atoms with Crippen molar-refractivity contribution in [3.8, 4) is 11.5 Å². The van der Waals surface area contributed by atoms with Crippen LogP contribution in [0.15, 0.2) is 38.4 Å². The highest BCUT2D eigenvalue weighted by molar-refractivity contribution is 9.10. The lowest BCUT2D eigenvalue weighted by atomic mass is 10.2. The molecule has 0 spiro atoms. The number of benzene rings is 1. The minimum atomic E-state index is -4.43. The predicted molar refractivity (Wildman–Crippen MR) is 59.3 cm³/mol. The second kappa shape index (κ2) is 4.69. The molecule has 1 heterocycles. The van der Waals surface area contributed by atoms with E-state index in [1.165, 1.54) is 0 Å². The zero-order valence-electron chi connectivity index (χ0n) is 8.03. The first-order valence-electron chi connectivity index (χ1n) is 4.29. The summed E-state index contributed by atoms with van der Waals surface area (Å²) in [5, 5.41) is 6.34. The van der Waals surface area contributed by atoms with Crippen LogP contribution < -0.4 is 0 Å². The molecular formula is C9H4BrF3N2OS. The van der Waals surface area contributed by atoms with Gasteiger partial charge in [-0.1, -0.05) is 15.9 Å². The monoisotopic (exact) mass is 324 g/mol. The van der Waals surface area contributed by atoms with E-state index in [1.807, 2.05) is 0 Å². The highest BCUT2D eigenvalue weighted by atomic mass is 79.9. The fourth-order valence-electron chi connectivity index (χ4n) is 1.06. The van der Waals surface area contributed by atoms with Gasteiger partial charge in [-0.25, -0.2) is 0 Å². The van der Waals surface area contributed by atoms with Gasteiger partial charge in [0.15, 0.2) is 0 Å². The van der Waals surface area contributed by atoms with Crippen LogP contribution in [0.4, 0.5) is 13.2 Å². The van der Waals surface area contributed by atoms with Crippen molar-refractivity contribution in [2.45, 2.75) is 10.7 Å². The van der Waals surface area contributed by atoms with Crippen LogP contribution >= 0.6 is 27.7 Å². The molecule has 1 aromatic carbocycles. The fourth-order valence-corrected chi connectivity index (χ4v) is 1.72. The van der Waals surface area contributed by atoms with Gasteiger partial charge in [-0.05, 0) is 24.3 Å². The van der Waals surface area contributed by atoms with Gasteiger partial charge in [0.05, 0.1) is 0 Å². The van der Waals surface area contributed by atoms with Crippen LogP contribution in [0.3, 0.4) is 0 Å². The van der Waals surface area contributed by atoms with E-state index in [-0.39, 0.29) is 5.89 Å². The van der Waals surface area contributed by atoms with E-state index < -0.39 is 22.5 Å². The molecule has 8 heteroatoms. The summed E-state index contributed by atoms with van der Waals surface area (Å²) in [6.45, 7) is 0. The van der Waals surface area contributed by atoms with E-state index in [1.54, 1.807) is 24.3 Å². The number of hydrogen-bond acceptors (Lipinski definition) is 4. The first-order chi connectivity index (χ1) is 7.94. The van der Waals surface area contributed by atoms with Crippen LogP contribution in [-0.4, -0.2) is 15.7 Å². The van der Waals surface area contributed by atoms with Crippen molar-refractivity contribution >= 4 is 27.7 Å². The van der Waals surface area contributed by atoms with Crippen molar-refractivity contribution in [1.82, 2.24) is 10.2 Å². The number of aromatic nitrogens is 2. The van der Waals surface area contributed by atoms with Crippen molar-refractivity contribution in [2.75, 3.05) is 0 Å². The predicted octanol–water partition coefficient (Wildman–Crippen LogP) is 4.11. The lowest BCUT2D eigenvalue weighted by Crippen LogP contribution is -1.98. The molecule has 2 aromatic rings. The van der Waals surface area contributed by atoms with Crippen LogP contribution in [0, 0.1) is 0 Å². The Labute approximate surface area is 107 Å². The lowest BCUT2D eigenvalue weighted by Gasteiger charge is -1.99. The van der Waals surface area contributed by atoms with Gasteiger partial charge in [-0.15, -0.1) is 10.2 Å². The zero-order chi connectivity index (χ0) is 12.5.